The summed E-state index contributed by atoms with van der Waals surface area (Å²) in [5.74, 6) is 1.27. The van der Waals surface area contributed by atoms with E-state index in [9.17, 15) is 14.4 Å². The van der Waals surface area contributed by atoms with Crippen molar-refractivity contribution in [2.24, 2.45) is 17.8 Å². The highest BCUT2D eigenvalue weighted by atomic mass is 16.5. The predicted octanol–water partition coefficient (Wildman–Crippen LogP) is 4.48. The van der Waals surface area contributed by atoms with Crippen LogP contribution in [0.2, 0.25) is 0 Å². The molecule has 180 valence electrons. The zero-order valence-electron chi connectivity index (χ0n) is 20.1. The zero-order chi connectivity index (χ0) is 24.2. The molecule has 7 nitrogen and oxygen atoms in total. The molecule has 2 unspecified atom stereocenters. The summed E-state index contributed by atoms with van der Waals surface area (Å²) >= 11 is 0. The number of amides is 3. The van der Waals surface area contributed by atoms with E-state index in [0.717, 1.165) is 37.9 Å². The average molecular weight is 464 g/mol. The maximum atomic E-state index is 13.1. The Morgan fingerprint density at radius 2 is 1.74 bits per heavy atom. The molecule has 2 aliphatic rings. The first-order chi connectivity index (χ1) is 16.3. The fourth-order valence-corrected chi connectivity index (χ4v) is 4.49. The summed E-state index contributed by atoms with van der Waals surface area (Å²) in [5, 5.41) is 5.73. The van der Waals surface area contributed by atoms with Crippen LogP contribution in [-0.2, 0) is 9.59 Å². The highest BCUT2D eigenvalue weighted by molar-refractivity contribution is 5.98. The summed E-state index contributed by atoms with van der Waals surface area (Å²) in [6, 6.07) is 12.4. The third-order valence-electron chi connectivity index (χ3n) is 6.33. The number of aryl methyl sites for hydroxylation is 1. The Morgan fingerprint density at radius 3 is 2.44 bits per heavy atom. The number of piperidine rings is 1. The quantitative estimate of drug-likeness (QED) is 0.634. The van der Waals surface area contributed by atoms with E-state index >= 15 is 0 Å². The molecule has 4 rings (SSSR count). The van der Waals surface area contributed by atoms with Crippen LogP contribution in [0.4, 0.5) is 11.4 Å². The van der Waals surface area contributed by atoms with Crippen LogP contribution in [0.3, 0.4) is 0 Å². The van der Waals surface area contributed by atoms with Gasteiger partial charge in [-0.2, -0.15) is 0 Å². The number of carbonyl (C=O) groups is 3. The van der Waals surface area contributed by atoms with E-state index in [-0.39, 0.29) is 30.2 Å². The maximum absolute atomic E-state index is 13.1. The molecular formula is C27H33N3O4. The van der Waals surface area contributed by atoms with E-state index in [1.54, 1.807) is 30.3 Å². The lowest BCUT2D eigenvalue weighted by atomic mass is 9.91. The molecule has 1 heterocycles. The number of hydrogen-bond acceptors (Lipinski definition) is 4. The Labute approximate surface area is 200 Å². The Hall–Kier alpha value is -3.35. The minimum Gasteiger partial charge on any atom is -0.484 e. The first-order valence-electron chi connectivity index (χ1n) is 12.0. The van der Waals surface area contributed by atoms with E-state index in [1.165, 1.54) is 0 Å². The molecule has 1 saturated heterocycles. The van der Waals surface area contributed by atoms with Gasteiger partial charge in [-0.15, -0.1) is 0 Å². The molecule has 1 aliphatic heterocycles. The molecule has 2 fully saturated rings. The summed E-state index contributed by atoms with van der Waals surface area (Å²) in [4.78, 5) is 39.5. The molecule has 0 radical (unpaired) electrons. The van der Waals surface area contributed by atoms with Crippen molar-refractivity contribution >= 4 is 29.1 Å². The van der Waals surface area contributed by atoms with Gasteiger partial charge in [-0.05, 0) is 67.9 Å². The minimum absolute atomic E-state index is 0.00444. The number of ether oxygens (including phenoxy) is 1. The molecule has 3 amide bonds. The SMILES string of the molecule is Cc1ccc(C(=O)N2CC(C)CC(C)C2)cc1NC(=O)COc1cccc(NC(=O)C2CC2)c1. The van der Waals surface area contributed by atoms with Gasteiger partial charge in [0.1, 0.15) is 5.75 Å². The van der Waals surface area contributed by atoms with Crippen LogP contribution < -0.4 is 15.4 Å². The third-order valence-corrected chi connectivity index (χ3v) is 6.33. The smallest absolute Gasteiger partial charge is 0.262 e. The van der Waals surface area contributed by atoms with E-state index in [0.29, 0.717) is 34.5 Å². The largest absolute Gasteiger partial charge is 0.484 e. The zero-order valence-corrected chi connectivity index (χ0v) is 20.1. The average Bonchev–Trinajstić information content (AvgIpc) is 3.64. The van der Waals surface area contributed by atoms with Gasteiger partial charge in [0.15, 0.2) is 6.61 Å². The number of nitrogens with one attached hydrogen (secondary N) is 2. The molecule has 1 aliphatic carbocycles. The number of rotatable bonds is 7. The second-order valence-corrected chi connectivity index (χ2v) is 9.81. The molecule has 2 N–H and O–H groups in total. The predicted molar refractivity (Wildman–Crippen MR) is 132 cm³/mol. The van der Waals surface area contributed by atoms with Gasteiger partial charge in [0.2, 0.25) is 5.91 Å². The molecule has 2 aromatic carbocycles. The number of benzene rings is 2. The Morgan fingerprint density at radius 1 is 1.00 bits per heavy atom. The van der Waals surface area contributed by atoms with Crippen molar-refractivity contribution in [2.75, 3.05) is 30.3 Å². The molecule has 1 saturated carbocycles. The second-order valence-electron chi connectivity index (χ2n) is 9.81. The van der Waals surface area contributed by atoms with Crippen molar-refractivity contribution in [1.29, 1.82) is 0 Å². The van der Waals surface area contributed by atoms with Crippen molar-refractivity contribution in [2.45, 2.75) is 40.0 Å². The molecule has 2 aromatic rings. The number of nitrogens with zero attached hydrogens (tertiary/aromatic N) is 1. The lowest BCUT2D eigenvalue weighted by molar-refractivity contribution is -0.118. The molecule has 0 aromatic heterocycles. The summed E-state index contributed by atoms with van der Waals surface area (Å²) in [6.45, 7) is 7.57. The number of anilines is 2. The van der Waals surface area contributed by atoms with Crippen molar-refractivity contribution in [3.8, 4) is 5.75 Å². The monoisotopic (exact) mass is 463 g/mol. The topological polar surface area (TPSA) is 87.7 Å². The van der Waals surface area contributed by atoms with Crippen LogP contribution in [0.1, 0.15) is 49.0 Å². The lowest BCUT2D eigenvalue weighted by Gasteiger charge is -2.35. The first kappa shape index (κ1) is 23.8. The highest BCUT2D eigenvalue weighted by Gasteiger charge is 2.29. The fourth-order valence-electron chi connectivity index (χ4n) is 4.49. The Kier molecular flexibility index (Phi) is 7.20. The van der Waals surface area contributed by atoms with Crippen molar-refractivity contribution in [3.63, 3.8) is 0 Å². The molecule has 34 heavy (non-hydrogen) atoms. The van der Waals surface area contributed by atoms with Crippen LogP contribution >= 0.6 is 0 Å². The van der Waals surface area contributed by atoms with Crippen molar-refractivity contribution < 1.29 is 19.1 Å². The van der Waals surface area contributed by atoms with E-state index in [2.05, 4.69) is 24.5 Å². The summed E-state index contributed by atoms with van der Waals surface area (Å²) in [7, 11) is 0. The van der Waals surface area contributed by atoms with Gasteiger partial charge < -0.3 is 20.3 Å². The molecular weight excluding hydrogens is 430 g/mol. The number of hydrogen-bond donors (Lipinski definition) is 2. The van der Waals surface area contributed by atoms with Crippen LogP contribution in [0, 0.1) is 24.7 Å². The summed E-state index contributed by atoms with van der Waals surface area (Å²) in [5.41, 5.74) is 2.69. The van der Waals surface area contributed by atoms with Gasteiger partial charge in [-0.1, -0.05) is 26.0 Å². The van der Waals surface area contributed by atoms with Gasteiger partial charge in [0.25, 0.3) is 11.8 Å². The normalized spacial score (nSPS) is 19.9. The number of carbonyl (C=O) groups excluding carboxylic acids is 3. The summed E-state index contributed by atoms with van der Waals surface area (Å²) in [6.07, 6.45) is 3.00. The maximum Gasteiger partial charge on any atom is 0.262 e. The van der Waals surface area contributed by atoms with Crippen LogP contribution in [0.5, 0.6) is 5.75 Å². The van der Waals surface area contributed by atoms with Gasteiger partial charge in [-0.3, -0.25) is 14.4 Å². The van der Waals surface area contributed by atoms with Gasteiger partial charge in [0, 0.05) is 42.0 Å². The third kappa shape index (κ3) is 6.16. The molecule has 7 heteroatoms. The Bertz CT molecular complexity index is 1070. The summed E-state index contributed by atoms with van der Waals surface area (Å²) < 4.78 is 5.64. The van der Waals surface area contributed by atoms with Crippen LogP contribution in [0.15, 0.2) is 42.5 Å². The van der Waals surface area contributed by atoms with E-state index in [1.807, 2.05) is 24.0 Å². The van der Waals surface area contributed by atoms with E-state index in [4.69, 9.17) is 4.74 Å². The Balaban J connectivity index is 1.35. The highest BCUT2D eigenvalue weighted by Crippen LogP contribution is 2.30. The van der Waals surface area contributed by atoms with Gasteiger partial charge in [-0.25, -0.2) is 0 Å². The second kappa shape index (κ2) is 10.3. The minimum atomic E-state index is -0.319. The molecule has 0 bridgehead atoms. The standard InChI is InChI=1S/C27H33N3O4/c1-17-11-18(2)15-30(14-17)27(33)21-8-7-19(3)24(12-21)29-25(31)16-34-23-6-4-5-22(13-23)28-26(32)20-9-10-20/h4-8,12-13,17-18,20H,9-11,14-16H2,1-3H3,(H,28,32)(H,29,31). The molecule has 2 atom stereocenters. The molecule has 0 spiro atoms. The van der Waals surface area contributed by atoms with Crippen LogP contribution in [0.25, 0.3) is 0 Å². The van der Waals surface area contributed by atoms with Crippen molar-refractivity contribution in [3.05, 3.63) is 53.6 Å². The van der Waals surface area contributed by atoms with Gasteiger partial charge in [0.05, 0.1) is 0 Å². The first-order valence-corrected chi connectivity index (χ1v) is 12.0. The van der Waals surface area contributed by atoms with Crippen molar-refractivity contribution in [1.82, 2.24) is 4.90 Å². The fraction of sp³-hybridized carbons (Fsp3) is 0.444. The number of likely N-dealkylation sites (tertiary alicyclic amines) is 1. The lowest BCUT2D eigenvalue weighted by Crippen LogP contribution is -2.42. The van der Waals surface area contributed by atoms with Crippen LogP contribution in [-0.4, -0.2) is 42.3 Å². The van der Waals surface area contributed by atoms with E-state index < -0.39 is 0 Å². The van der Waals surface area contributed by atoms with Gasteiger partial charge >= 0.3 is 0 Å².